The van der Waals surface area contributed by atoms with Crippen LogP contribution in [0.2, 0.25) is 0 Å². The van der Waals surface area contributed by atoms with Crippen LogP contribution in [0.1, 0.15) is 23.1 Å². The van der Waals surface area contributed by atoms with E-state index in [4.69, 9.17) is 5.73 Å². The zero-order valence-electron chi connectivity index (χ0n) is 13.2. The molecule has 1 heteroatoms. The Balaban J connectivity index is 1.93. The third kappa shape index (κ3) is 1.97. The van der Waals surface area contributed by atoms with Crippen molar-refractivity contribution in [2.45, 2.75) is 17.3 Å². The zero-order chi connectivity index (χ0) is 15.8. The summed E-state index contributed by atoms with van der Waals surface area (Å²) < 4.78 is 0. The van der Waals surface area contributed by atoms with Gasteiger partial charge in [0.05, 0.1) is 0 Å². The minimum absolute atomic E-state index is 0.0169. The fraction of sp³-hybridized carbons (Fsp3) is 0.182. The Morgan fingerprint density at radius 3 is 1.39 bits per heavy atom. The minimum atomic E-state index is -0.0222. The van der Waals surface area contributed by atoms with Crippen molar-refractivity contribution in [3.05, 3.63) is 108 Å². The molecule has 0 aliphatic heterocycles. The number of benzene rings is 3. The molecular weight excluding hydrogens is 278 g/mol. The third-order valence-electron chi connectivity index (χ3n) is 5.47. The molecule has 1 fully saturated rings. The van der Waals surface area contributed by atoms with Gasteiger partial charge in [-0.25, -0.2) is 0 Å². The molecule has 0 aromatic heterocycles. The molecular formula is C22H21N. The van der Waals surface area contributed by atoms with Crippen LogP contribution in [-0.2, 0) is 10.8 Å². The number of nitrogens with two attached hydrogens (primary N) is 1. The average Bonchev–Trinajstić information content (AvgIpc) is 3.36. The summed E-state index contributed by atoms with van der Waals surface area (Å²) >= 11 is 0. The van der Waals surface area contributed by atoms with Crippen molar-refractivity contribution in [2.75, 3.05) is 6.54 Å². The lowest BCUT2D eigenvalue weighted by Crippen LogP contribution is -2.31. The van der Waals surface area contributed by atoms with Crippen LogP contribution in [0.25, 0.3) is 0 Å². The first-order valence-corrected chi connectivity index (χ1v) is 8.20. The zero-order valence-corrected chi connectivity index (χ0v) is 13.2. The Kier molecular flexibility index (Phi) is 3.32. The van der Waals surface area contributed by atoms with Crippen molar-refractivity contribution < 1.29 is 0 Å². The molecule has 0 radical (unpaired) electrons. The highest BCUT2D eigenvalue weighted by Crippen LogP contribution is 2.68. The molecule has 3 aromatic rings. The topological polar surface area (TPSA) is 26.0 Å². The van der Waals surface area contributed by atoms with E-state index in [1.807, 2.05) is 0 Å². The molecule has 3 aromatic carbocycles. The van der Waals surface area contributed by atoms with Crippen LogP contribution in [0.4, 0.5) is 0 Å². The number of hydrogen-bond donors (Lipinski definition) is 1. The van der Waals surface area contributed by atoms with E-state index >= 15 is 0 Å². The van der Waals surface area contributed by atoms with E-state index in [1.165, 1.54) is 16.7 Å². The van der Waals surface area contributed by atoms with E-state index in [0.29, 0.717) is 6.54 Å². The van der Waals surface area contributed by atoms with Gasteiger partial charge in [-0.1, -0.05) is 91.0 Å². The highest BCUT2D eigenvalue weighted by molar-refractivity contribution is 5.58. The van der Waals surface area contributed by atoms with Gasteiger partial charge >= 0.3 is 0 Å². The number of hydrogen-bond acceptors (Lipinski definition) is 1. The maximum absolute atomic E-state index is 6.35. The first-order chi connectivity index (χ1) is 11.3. The lowest BCUT2D eigenvalue weighted by atomic mass is 9.77. The predicted octanol–water partition coefficient (Wildman–Crippen LogP) is 4.27. The largest absolute Gasteiger partial charge is 0.330 e. The van der Waals surface area contributed by atoms with E-state index in [1.54, 1.807) is 0 Å². The monoisotopic (exact) mass is 299 g/mol. The van der Waals surface area contributed by atoms with Crippen LogP contribution in [0.3, 0.4) is 0 Å². The molecule has 4 rings (SSSR count). The maximum Gasteiger partial charge on any atom is 0.0321 e. The smallest absolute Gasteiger partial charge is 0.0321 e. The van der Waals surface area contributed by atoms with E-state index < -0.39 is 0 Å². The summed E-state index contributed by atoms with van der Waals surface area (Å²) in [6.07, 6.45) is 1.06. The molecule has 0 saturated heterocycles. The quantitative estimate of drug-likeness (QED) is 0.765. The van der Waals surface area contributed by atoms with Crippen molar-refractivity contribution in [3.63, 3.8) is 0 Å². The van der Waals surface area contributed by atoms with Crippen molar-refractivity contribution in [3.8, 4) is 0 Å². The van der Waals surface area contributed by atoms with E-state index in [-0.39, 0.29) is 10.8 Å². The molecule has 23 heavy (non-hydrogen) atoms. The standard InChI is InChI=1S/C22H21N/c23-17-21(18-10-4-1-5-11-18)16-22(21,19-12-6-2-7-13-19)20-14-8-3-9-15-20/h1-15H,16-17,23H2. The maximum atomic E-state index is 6.35. The summed E-state index contributed by atoms with van der Waals surface area (Å²) in [6.45, 7) is 0.654. The Bertz CT molecular complexity index is 740. The van der Waals surface area contributed by atoms with Crippen molar-refractivity contribution in [2.24, 2.45) is 5.73 Å². The summed E-state index contributed by atoms with van der Waals surface area (Å²) in [5.74, 6) is 0. The molecule has 1 aliphatic carbocycles. The fourth-order valence-corrected chi connectivity index (χ4v) is 4.25. The Morgan fingerprint density at radius 2 is 1.00 bits per heavy atom. The normalized spacial score (nSPS) is 21.8. The van der Waals surface area contributed by atoms with Crippen molar-refractivity contribution in [1.29, 1.82) is 0 Å². The molecule has 0 bridgehead atoms. The molecule has 1 saturated carbocycles. The molecule has 0 heterocycles. The Hall–Kier alpha value is -2.38. The second-order valence-electron chi connectivity index (χ2n) is 6.47. The first-order valence-electron chi connectivity index (χ1n) is 8.20. The van der Waals surface area contributed by atoms with Crippen LogP contribution in [-0.4, -0.2) is 6.54 Å². The van der Waals surface area contributed by atoms with Gasteiger partial charge in [-0.3, -0.25) is 0 Å². The van der Waals surface area contributed by atoms with Crippen LogP contribution < -0.4 is 5.73 Å². The molecule has 2 N–H and O–H groups in total. The van der Waals surface area contributed by atoms with Gasteiger partial charge in [-0.05, 0) is 23.1 Å². The van der Waals surface area contributed by atoms with Crippen molar-refractivity contribution in [1.82, 2.24) is 0 Å². The molecule has 0 spiro atoms. The summed E-state index contributed by atoms with van der Waals surface area (Å²) in [5, 5.41) is 0. The molecule has 1 nitrogen and oxygen atoms in total. The Labute approximate surface area is 137 Å². The van der Waals surface area contributed by atoms with Gasteiger partial charge in [0.15, 0.2) is 0 Å². The van der Waals surface area contributed by atoms with Gasteiger partial charge < -0.3 is 5.73 Å². The van der Waals surface area contributed by atoms with Crippen molar-refractivity contribution >= 4 is 0 Å². The highest BCUT2D eigenvalue weighted by atomic mass is 14.8. The second-order valence-corrected chi connectivity index (χ2v) is 6.47. The SMILES string of the molecule is NCC1(c2ccccc2)CC1(c1ccccc1)c1ccccc1. The first kappa shape index (κ1) is 14.2. The summed E-state index contributed by atoms with van der Waals surface area (Å²) in [7, 11) is 0. The average molecular weight is 299 g/mol. The van der Waals surface area contributed by atoms with Gasteiger partial charge in [-0.15, -0.1) is 0 Å². The summed E-state index contributed by atoms with van der Waals surface area (Å²) in [5.41, 5.74) is 10.4. The summed E-state index contributed by atoms with van der Waals surface area (Å²) in [6, 6.07) is 32.4. The highest BCUT2D eigenvalue weighted by Gasteiger charge is 2.68. The van der Waals surface area contributed by atoms with Crippen LogP contribution >= 0.6 is 0 Å². The van der Waals surface area contributed by atoms with Gasteiger partial charge in [0.25, 0.3) is 0 Å². The van der Waals surface area contributed by atoms with Crippen LogP contribution in [0.15, 0.2) is 91.0 Å². The second kappa shape index (κ2) is 5.36. The third-order valence-corrected chi connectivity index (χ3v) is 5.47. The van der Waals surface area contributed by atoms with E-state index in [0.717, 1.165) is 6.42 Å². The lowest BCUT2D eigenvalue weighted by Gasteiger charge is -2.27. The summed E-state index contributed by atoms with van der Waals surface area (Å²) in [4.78, 5) is 0. The lowest BCUT2D eigenvalue weighted by molar-refractivity contribution is 0.605. The molecule has 1 atom stereocenters. The van der Waals surface area contributed by atoms with Gasteiger partial charge in [-0.2, -0.15) is 0 Å². The predicted molar refractivity (Wildman–Crippen MR) is 95.5 cm³/mol. The van der Waals surface area contributed by atoms with Crippen LogP contribution in [0, 0.1) is 0 Å². The molecule has 0 amide bonds. The molecule has 114 valence electrons. The molecule has 1 unspecified atom stereocenters. The van der Waals surface area contributed by atoms with Gasteiger partial charge in [0.2, 0.25) is 0 Å². The Morgan fingerprint density at radius 1 is 0.609 bits per heavy atom. The van der Waals surface area contributed by atoms with Crippen LogP contribution in [0.5, 0.6) is 0 Å². The minimum Gasteiger partial charge on any atom is -0.330 e. The van der Waals surface area contributed by atoms with E-state index in [2.05, 4.69) is 91.0 Å². The number of rotatable bonds is 4. The molecule has 1 aliphatic rings. The van der Waals surface area contributed by atoms with Gasteiger partial charge in [0, 0.05) is 17.4 Å². The van der Waals surface area contributed by atoms with E-state index in [9.17, 15) is 0 Å². The van der Waals surface area contributed by atoms with Gasteiger partial charge in [0.1, 0.15) is 0 Å². The fourth-order valence-electron chi connectivity index (χ4n) is 4.25.